The van der Waals surface area contributed by atoms with Gasteiger partial charge in [-0.05, 0) is 46.4 Å². The molecule has 2 aromatic carbocycles. The van der Waals surface area contributed by atoms with Crippen molar-refractivity contribution in [2.45, 2.75) is 18.9 Å². The summed E-state index contributed by atoms with van der Waals surface area (Å²) in [6.45, 7) is 3.71. The van der Waals surface area contributed by atoms with E-state index in [0.29, 0.717) is 30.7 Å². The fraction of sp³-hybridized carbons (Fsp3) is 0.400. The van der Waals surface area contributed by atoms with E-state index in [4.69, 9.17) is 11.6 Å². The second-order valence-electron chi connectivity index (χ2n) is 9.43. The second kappa shape index (κ2) is 10.7. The third-order valence-corrected chi connectivity index (χ3v) is 7.33. The van der Waals surface area contributed by atoms with Gasteiger partial charge in [-0.2, -0.15) is 0 Å². The fourth-order valence-corrected chi connectivity index (χ4v) is 5.51. The maximum Gasteiger partial charge on any atom is 0.258 e. The zero-order chi connectivity index (χ0) is 25.1. The number of aromatic nitrogens is 4. The van der Waals surface area contributed by atoms with Gasteiger partial charge in [-0.25, -0.2) is 9.49 Å². The summed E-state index contributed by atoms with van der Waals surface area (Å²) in [6.07, 6.45) is 0.831. The summed E-state index contributed by atoms with van der Waals surface area (Å²) in [4.78, 5) is 29.6. The molecular formula is C25H27ClFN7O2. The van der Waals surface area contributed by atoms with Crippen LogP contribution in [0.25, 0.3) is 0 Å². The zero-order valence-electron chi connectivity index (χ0n) is 19.6. The van der Waals surface area contributed by atoms with E-state index in [-0.39, 0.29) is 34.9 Å². The highest BCUT2D eigenvalue weighted by Crippen LogP contribution is 2.33. The van der Waals surface area contributed by atoms with Crippen molar-refractivity contribution in [1.29, 1.82) is 0 Å². The Labute approximate surface area is 213 Å². The van der Waals surface area contributed by atoms with Gasteiger partial charge < -0.3 is 15.1 Å². The van der Waals surface area contributed by atoms with Crippen molar-refractivity contribution in [3.63, 3.8) is 0 Å². The number of halogens is 2. The van der Waals surface area contributed by atoms with Crippen LogP contribution in [0.3, 0.4) is 0 Å². The number of hydrogen-bond donors (Lipinski definition) is 2. The van der Waals surface area contributed by atoms with Gasteiger partial charge in [0.2, 0.25) is 5.91 Å². The molecule has 5 rings (SSSR count). The average molecular weight is 512 g/mol. The van der Waals surface area contributed by atoms with Crippen LogP contribution in [0.2, 0.25) is 5.02 Å². The lowest BCUT2D eigenvalue weighted by atomic mass is 10.0. The van der Waals surface area contributed by atoms with Crippen molar-refractivity contribution in [1.82, 2.24) is 35.7 Å². The highest BCUT2D eigenvalue weighted by atomic mass is 35.5. The van der Waals surface area contributed by atoms with Crippen molar-refractivity contribution < 1.29 is 14.0 Å². The molecular weight excluding hydrogens is 485 g/mol. The molecule has 3 aromatic rings. The first-order valence-electron chi connectivity index (χ1n) is 12.0. The summed E-state index contributed by atoms with van der Waals surface area (Å²) in [5.41, 5.74) is 0.998. The first-order chi connectivity index (χ1) is 17.5. The van der Waals surface area contributed by atoms with E-state index in [0.717, 1.165) is 31.6 Å². The molecule has 0 saturated carbocycles. The van der Waals surface area contributed by atoms with Gasteiger partial charge in [0, 0.05) is 32.7 Å². The van der Waals surface area contributed by atoms with Crippen molar-refractivity contribution in [2.75, 3.05) is 32.7 Å². The summed E-state index contributed by atoms with van der Waals surface area (Å²) in [5.74, 6) is 0.0168. The van der Waals surface area contributed by atoms with Crippen molar-refractivity contribution in [3.05, 3.63) is 76.3 Å². The lowest BCUT2D eigenvalue weighted by molar-refractivity contribution is -0.121. The number of rotatable bonds is 8. The fourth-order valence-electron chi connectivity index (χ4n) is 5.27. The Bertz CT molecular complexity index is 1180. The average Bonchev–Trinajstić information content (AvgIpc) is 3.59. The largest absolute Gasteiger partial charge is 0.349 e. The number of amides is 2. The Morgan fingerprint density at radius 2 is 1.83 bits per heavy atom. The molecule has 36 heavy (non-hydrogen) atoms. The van der Waals surface area contributed by atoms with E-state index in [1.807, 2.05) is 30.3 Å². The van der Waals surface area contributed by atoms with Crippen LogP contribution in [-0.2, 0) is 11.2 Å². The quantitative estimate of drug-likeness (QED) is 0.481. The van der Waals surface area contributed by atoms with Gasteiger partial charge in [0.25, 0.3) is 5.91 Å². The molecule has 3 atom stereocenters. The predicted molar refractivity (Wildman–Crippen MR) is 131 cm³/mol. The molecule has 188 valence electrons. The Hall–Kier alpha value is -3.37. The topological polar surface area (TPSA) is 107 Å². The van der Waals surface area contributed by atoms with Crippen LogP contribution in [0, 0.1) is 17.7 Å². The van der Waals surface area contributed by atoms with Crippen molar-refractivity contribution in [2.24, 2.45) is 11.8 Å². The summed E-state index contributed by atoms with van der Waals surface area (Å²) in [6, 6.07) is 14.1. The number of benzene rings is 2. The SMILES string of the molecule is O=C(Cc1nnn[nH]1)NC(CCN1CC2CN(C(=O)c3c(F)cccc3Cl)C[C@@H]2C1)c1ccccc1. The van der Waals surface area contributed by atoms with Crippen LogP contribution in [0.5, 0.6) is 0 Å². The molecule has 2 aliphatic rings. The third-order valence-electron chi connectivity index (χ3n) is 7.01. The van der Waals surface area contributed by atoms with Gasteiger partial charge in [0.15, 0.2) is 5.82 Å². The lowest BCUT2D eigenvalue weighted by Gasteiger charge is -2.25. The molecule has 0 aliphatic carbocycles. The normalized spacial score (nSPS) is 20.3. The second-order valence-corrected chi connectivity index (χ2v) is 9.84. The number of hydrogen-bond acceptors (Lipinski definition) is 6. The summed E-state index contributed by atoms with van der Waals surface area (Å²) >= 11 is 6.11. The van der Waals surface area contributed by atoms with E-state index >= 15 is 0 Å². The molecule has 9 nitrogen and oxygen atoms in total. The molecule has 2 N–H and O–H groups in total. The monoisotopic (exact) mass is 511 g/mol. The van der Waals surface area contributed by atoms with Crippen LogP contribution in [0.15, 0.2) is 48.5 Å². The minimum absolute atomic E-state index is 0.0430. The number of likely N-dealkylation sites (tertiary alicyclic amines) is 2. The van der Waals surface area contributed by atoms with Crippen molar-refractivity contribution >= 4 is 23.4 Å². The number of fused-ring (bicyclic) bond motifs is 1. The van der Waals surface area contributed by atoms with E-state index in [9.17, 15) is 14.0 Å². The molecule has 2 saturated heterocycles. The number of nitrogens with zero attached hydrogens (tertiary/aromatic N) is 5. The van der Waals surface area contributed by atoms with Crippen LogP contribution >= 0.6 is 11.6 Å². The maximum atomic E-state index is 14.2. The molecule has 2 aliphatic heterocycles. The predicted octanol–water partition coefficient (Wildman–Crippen LogP) is 2.49. The van der Waals surface area contributed by atoms with Crippen LogP contribution in [0.4, 0.5) is 4.39 Å². The van der Waals surface area contributed by atoms with Gasteiger partial charge in [-0.1, -0.05) is 48.0 Å². The Morgan fingerprint density at radius 1 is 1.08 bits per heavy atom. The van der Waals surface area contributed by atoms with Crippen molar-refractivity contribution in [3.8, 4) is 0 Å². The maximum absolute atomic E-state index is 14.2. The summed E-state index contributed by atoms with van der Waals surface area (Å²) in [5, 5.41) is 16.7. The minimum Gasteiger partial charge on any atom is -0.349 e. The highest BCUT2D eigenvalue weighted by Gasteiger charge is 2.42. The highest BCUT2D eigenvalue weighted by molar-refractivity contribution is 6.33. The molecule has 0 bridgehead atoms. The number of carbonyl (C=O) groups is 2. The van der Waals surface area contributed by atoms with E-state index < -0.39 is 5.82 Å². The molecule has 11 heteroatoms. The number of aromatic amines is 1. The van der Waals surface area contributed by atoms with Gasteiger partial charge in [0.1, 0.15) is 5.82 Å². The molecule has 2 unspecified atom stereocenters. The number of tetrazole rings is 1. The first-order valence-corrected chi connectivity index (χ1v) is 12.4. The minimum atomic E-state index is -0.584. The smallest absolute Gasteiger partial charge is 0.258 e. The molecule has 2 fully saturated rings. The van der Waals surface area contributed by atoms with E-state index in [1.165, 1.54) is 12.1 Å². The van der Waals surface area contributed by atoms with Gasteiger partial charge in [0.05, 0.1) is 23.0 Å². The first kappa shape index (κ1) is 24.3. The van der Waals surface area contributed by atoms with Gasteiger partial charge in [-0.15, -0.1) is 5.10 Å². The van der Waals surface area contributed by atoms with E-state index in [1.54, 1.807) is 11.0 Å². The number of carbonyl (C=O) groups excluding carboxylic acids is 2. The number of H-pyrrole nitrogens is 1. The summed E-state index contributed by atoms with van der Waals surface area (Å²) < 4.78 is 14.2. The molecule has 1 aromatic heterocycles. The van der Waals surface area contributed by atoms with Gasteiger partial charge in [-0.3, -0.25) is 9.59 Å². The summed E-state index contributed by atoms with van der Waals surface area (Å²) in [7, 11) is 0. The lowest BCUT2D eigenvalue weighted by Crippen LogP contribution is -2.36. The number of nitrogens with one attached hydrogen (secondary N) is 2. The standard InChI is InChI=1S/C25H27ClFN7O2/c26-19-7-4-8-20(27)24(19)25(36)34-14-17-12-33(13-18(17)15-34)10-9-21(16-5-2-1-3-6-16)28-23(35)11-22-29-31-32-30-22/h1-8,17-18,21H,9-15H2,(H,28,35)(H,29,30,31,32)/t17-,18?,21?/m0/s1. The van der Waals surface area contributed by atoms with Crippen LogP contribution < -0.4 is 5.32 Å². The van der Waals surface area contributed by atoms with E-state index in [2.05, 4.69) is 30.8 Å². The van der Waals surface area contributed by atoms with Crippen LogP contribution in [-0.4, -0.2) is 75.0 Å². The van der Waals surface area contributed by atoms with Crippen LogP contribution in [0.1, 0.15) is 34.2 Å². The molecule has 2 amide bonds. The van der Waals surface area contributed by atoms with Gasteiger partial charge >= 0.3 is 0 Å². The third kappa shape index (κ3) is 5.39. The molecule has 0 spiro atoms. The Kier molecular flexibility index (Phi) is 7.24. The Morgan fingerprint density at radius 3 is 2.50 bits per heavy atom. The zero-order valence-corrected chi connectivity index (χ0v) is 20.4. The molecule has 3 heterocycles. The Balaban J connectivity index is 1.16. The molecule has 0 radical (unpaired) electrons.